The number of aryl methyl sites for hydroxylation is 1. The van der Waals surface area contributed by atoms with Crippen LogP contribution in [0.1, 0.15) is 12.0 Å². The van der Waals surface area contributed by atoms with Crippen molar-refractivity contribution in [3.63, 3.8) is 0 Å². The summed E-state index contributed by atoms with van der Waals surface area (Å²) >= 11 is 3.41. The molecule has 17 heavy (non-hydrogen) atoms. The minimum atomic E-state index is -0.00847. The fourth-order valence-electron chi connectivity index (χ4n) is 1.97. The summed E-state index contributed by atoms with van der Waals surface area (Å²) in [5.41, 5.74) is 8.34. The second kappa shape index (κ2) is 4.42. The molecule has 0 saturated carbocycles. The van der Waals surface area contributed by atoms with Crippen molar-refractivity contribution < 1.29 is 4.79 Å². The van der Waals surface area contributed by atoms with Crippen LogP contribution in [0.3, 0.4) is 0 Å². The Hall–Kier alpha value is -1.47. The third kappa shape index (κ3) is 2.16. The van der Waals surface area contributed by atoms with Gasteiger partial charge in [0.1, 0.15) is 0 Å². The highest BCUT2D eigenvalue weighted by Gasteiger charge is 2.30. The molecule has 1 amide bonds. The molecule has 1 atom stereocenters. The molecule has 0 aliphatic carbocycles. The predicted octanol–water partition coefficient (Wildman–Crippen LogP) is 2.33. The zero-order valence-corrected chi connectivity index (χ0v) is 11.1. The minimum Gasteiger partial charge on any atom is -0.397 e. The SMILES string of the molecule is C#CC1CC(=O)N(c2cc(C)c(Br)cc2N)C1. The number of anilines is 2. The Bertz CT molecular complexity index is 519. The topological polar surface area (TPSA) is 46.3 Å². The number of nitrogens with two attached hydrogens (primary N) is 1. The molecular formula is C13H13BrN2O. The lowest BCUT2D eigenvalue weighted by atomic mass is 10.1. The van der Waals surface area contributed by atoms with Crippen LogP contribution < -0.4 is 10.6 Å². The number of amides is 1. The van der Waals surface area contributed by atoms with Crippen LogP contribution >= 0.6 is 15.9 Å². The molecule has 0 aromatic heterocycles. The van der Waals surface area contributed by atoms with Crippen molar-refractivity contribution in [3.05, 3.63) is 22.2 Å². The van der Waals surface area contributed by atoms with Gasteiger partial charge >= 0.3 is 0 Å². The molecule has 0 spiro atoms. The molecule has 88 valence electrons. The van der Waals surface area contributed by atoms with Gasteiger partial charge in [-0.1, -0.05) is 15.9 Å². The van der Waals surface area contributed by atoms with Crippen molar-refractivity contribution in [1.29, 1.82) is 0 Å². The summed E-state index contributed by atoms with van der Waals surface area (Å²) in [5.74, 6) is 2.66. The van der Waals surface area contributed by atoms with Gasteiger partial charge in [-0.25, -0.2) is 0 Å². The fraction of sp³-hybridized carbons (Fsp3) is 0.308. The van der Waals surface area contributed by atoms with Crippen LogP contribution in [0.5, 0.6) is 0 Å². The Morgan fingerprint density at radius 3 is 2.88 bits per heavy atom. The van der Waals surface area contributed by atoms with Crippen LogP contribution in [0.25, 0.3) is 0 Å². The fourth-order valence-corrected chi connectivity index (χ4v) is 2.33. The first kappa shape index (κ1) is 12.0. The zero-order chi connectivity index (χ0) is 12.6. The molecule has 4 heteroatoms. The number of terminal acetylenes is 1. The van der Waals surface area contributed by atoms with Gasteiger partial charge in [-0.2, -0.15) is 0 Å². The summed E-state index contributed by atoms with van der Waals surface area (Å²) in [5, 5.41) is 0. The third-order valence-corrected chi connectivity index (χ3v) is 3.81. The lowest BCUT2D eigenvalue weighted by molar-refractivity contribution is -0.117. The van der Waals surface area contributed by atoms with E-state index in [0.717, 1.165) is 15.7 Å². The summed E-state index contributed by atoms with van der Waals surface area (Å²) < 4.78 is 0.943. The monoisotopic (exact) mass is 292 g/mol. The van der Waals surface area contributed by atoms with Crippen molar-refractivity contribution in [3.8, 4) is 12.3 Å². The summed E-state index contributed by atoms with van der Waals surface area (Å²) in [7, 11) is 0. The van der Waals surface area contributed by atoms with Gasteiger partial charge in [0.25, 0.3) is 0 Å². The molecule has 0 bridgehead atoms. The summed E-state index contributed by atoms with van der Waals surface area (Å²) in [6.45, 7) is 2.52. The highest BCUT2D eigenvalue weighted by atomic mass is 79.9. The van der Waals surface area contributed by atoms with Crippen molar-refractivity contribution in [2.45, 2.75) is 13.3 Å². The van der Waals surface area contributed by atoms with E-state index in [0.29, 0.717) is 18.7 Å². The minimum absolute atomic E-state index is 0.00847. The lowest BCUT2D eigenvalue weighted by Crippen LogP contribution is -2.25. The van der Waals surface area contributed by atoms with E-state index < -0.39 is 0 Å². The van der Waals surface area contributed by atoms with Gasteiger partial charge in [0.2, 0.25) is 5.91 Å². The summed E-state index contributed by atoms with van der Waals surface area (Å²) in [4.78, 5) is 13.5. The van der Waals surface area contributed by atoms with Gasteiger partial charge in [0, 0.05) is 23.4 Å². The Morgan fingerprint density at radius 2 is 2.29 bits per heavy atom. The van der Waals surface area contributed by atoms with E-state index in [2.05, 4.69) is 21.9 Å². The molecule has 0 radical (unpaired) electrons. The standard InChI is InChI=1S/C13H13BrN2O/c1-3-9-5-13(17)16(7-9)12-4-8(2)10(14)6-11(12)15/h1,4,6,9H,5,7,15H2,2H3. The van der Waals surface area contributed by atoms with E-state index in [4.69, 9.17) is 12.2 Å². The third-order valence-electron chi connectivity index (χ3n) is 2.96. The van der Waals surface area contributed by atoms with E-state index >= 15 is 0 Å². The lowest BCUT2D eigenvalue weighted by Gasteiger charge is -2.19. The maximum absolute atomic E-state index is 11.9. The van der Waals surface area contributed by atoms with Gasteiger partial charge in [0.05, 0.1) is 11.4 Å². The Balaban J connectivity index is 2.39. The normalized spacial score (nSPS) is 19.5. The highest BCUT2D eigenvalue weighted by Crippen LogP contribution is 2.33. The van der Waals surface area contributed by atoms with Gasteiger partial charge in [-0.05, 0) is 24.6 Å². The first-order valence-corrected chi connectivity index (χ1v) is 6.14. The van der Waals surface area contributed by atoms with Crippen LogP contribution in [0.15, 0.2) is 16.6 Å². The number of nitrogens with zero attached hydrogens (tertiary/aromatic N) is 1. The number of halogens is 1. The van der Waals surface area contributed by atoms with E-state index in [1.807, 2.05) is 19.1 Å². The molecule has 2 rings (SSSR count). The first-order valence-electron chi connectivity index (χ1n) is 5.35. The number of carbonyl (C=O) groups is 1. The maximum atomic E-state index is 11.9. The number of rotatable bonds is 1. The Labute approximate surface area is 109 Å². The molecule has 1 saturated heterocycles. The highest BCUT2D eigenvalue weighted by molar-refractivity contribution is 9.10. The Morgan fingerprint density at radius 1 is 1.59 bits per heavy atom. The molecular weight excluding hydrogens is 280 g/mol. The van der Waals surface area contributed by atoms with Crippen LogP contribution in [0.2, 0.25) is 0 Å². The number of hydrogen-bond acceptors (Lipinski definition) is 2. The Kier molecular flexibility index (Phi) is 3.12. The molecule has 1 aliphatic rings. The van der Waals surface area contributed by atoms with Crippen molar-refractivity contribution in [2.24, 2.45) is 5.92 Å². The summed E-state index contributed by atoms with van der Waals surface area (Å²) in [6, 6.07) is 3.73. The quantitative estimate of drug-likeness (QED) is 0.638. The van der Waals surface area contributed by atoms with Crippen LogP contribution in [0.4, 0.5) is 11.4 Å². The molecule has 2 N–H and O–H groups in total. The van der Waals surface area contributed by atoms with E-state index in [9.17, 15) is 4.79 Å². The molecule has 1 fully saturated rings. The second-order valence-electron chi connectivity index (χ2n) is 4.23. The van der Waals surface area contributed by atoms with Gasteiger partial charge in [-0.3, -0.25) is 4.79 Å². The number of benzene rings is 1. The van der Waals surface area contributed by atoms with Gasteiger partial charge < -0.3 is 10.6 Å². The summed E-state index contributed by atoms with van der Waals surface area (Å²) in [6.07, 6.45) is 5.77. The largest absolute Gasteiger partial charge is 0.397 e. The molecule has 1 aromatic carbocycles. The smallest absolute Gasteiger partial charge is 0.228 e. The van der Waals surface area contributed by atoms with Crippen molar-refractivity contribution >= 4 is 33.2 Å². The number of nitrogen functional groups attached to an aromatic ring is 1. The first-order chi connectivity index (χ1) is 8.02. The second-order valence-corrected chi connectivity index (χ2v) is 5.09. The zero-order valence-electron chi connectivity index (χ0n) is 9.53. The van der Waals surface area contributed by atoms with Gasteiger partial charge in [-0.15, -0.1) is 12.3 Å². The average Bonchev–Trinajstić information content (AvgIpc) is 2.65. The van der Waals surface area contributed by atoms with Crippen molar-refractivity contribution in [1.82, 2.24) is 0 Å². The molecule has 1 unspecified atom stereocenters. The molecule has 1 aliphatic heterocycles. The molecule has 1 heterocycles. The maximum Gasteiger partial charge on any atom is 0.228 e. The van der Waals surface area contributed by atoms with E-state index in [-0.39, 0.29) is 11.8 Å². The average molecular weight is 293 g/mol. The van der Waals surface area contributed by atoms with E-state index in [1.165, 1.54) is 0 Å². The van der Waals surface area contributed by atoms with Crippen molar-refractivity contribution in [2.75, 3.05) is 17.2 Å². The van der Waals surface area contributed by atoms with E-state index in [1.54, 1.807) is 4.90 Å². The number of carbonyl (C=O) groups excluding carboxylic acids is 1. The van der Waals surface area contributed by atoms with Crippen LogP contribution in [-0.2, 0) is 4.79 Å². The molecule has 1 aromatic rings. The predicted molar refractivity (Wildman–Crippen MR) is 72.6 cm³/mol. The van der Waals surface area contributed by atoms with Crippen LogP contribution in [0, 0.1) is 25.2 Å². The van der Waals surface area contributed by atoms with Gasteiger partial charge in [0.15, 0.2) is 0 Å². The van der Waals surface area contributed by atoms with Crippen LogP contribution in [-0.4, -0.2) is 12.5 Å². The number of hydrogen-bond donors (Lipinski definition) is 1. The molecule has 3 nitrogen and oxygen atoms in total.